The van der Waals surface area contributed by atoms with Crippen molar-refractivity contribution in [1.29, 1.82) is 0 Å². The predicted octanol–water partition coefficient (Wildman–Crippen LogP) is 5.16. The molecule has 0 aliphatic carbocycles. The fourth-order valence-corrected chi connectivity index (χ4v) is 4.88. The van der Waals surface area contributed by atoms with Gasteiger partial charge in [0.15, 0.2) is 0 Å². The SMILES string of the molecule is Cc1nc(CC(C)C)c(CN)c(-c2ccc(CN)cc2)c1CSc1cccc(C(=O)O)c1. The summed E-state index contributed by atoms with van der Waals surface area (Å²) in [5.41, 5.74) is 19.9. The molecule has 0 aliphatic heterocycles. The molecule has 0 saturated heterocycles. The first-order valence-electron chi connectivity index (χ1n) is 10.8. The Morgan fingerprint density at radius 3 is 2.38 bits per heavy atom. The van der Waals surface area contributed by atoms with Gasteiger partial charge >= 0.3 is 5.97 Å². The van der Waals surface area contributed by atoms with Crippen LogP contribution in [0.1, 0.15) is 52.3 Å². The highest BCUT2D eigenvalue weighted by atomic mass is 32.2. The molecule has 0 radical (unpaired) electrons. The Morgan fingerprint density at radius 1 is 1.06 bits per heavy atom. The van der Waals surface area contributed by atoms with E-state index in [9.17, 15) is 9.90 Å². The monoisotopic (exact) mass is 449 g/mol. The van der Waals surface area contributed by atoms with Gasteiger partial charge in [-0.25, -0.2) is 4.79 Å². The van der Waals surface area contributed by atoms with Gasteiger partial charge in [-0.1, -0.05) is 44.2 Å². The highest BCUT2D eigenvalue weighted by Gasteiger charge is 2.19. The Bertz CT molecular complexity index is 1090. The molecule has 3 rings (SSSR count). The minimum Gasteiger partial charge on any atom is -0.478 e. The van der Waals surface area contributed by atoms with Gasteiger partial charge in [-0.05, 0) is 65.3 Å². The van der Waals surface area contributed by atoms with Crippen molar-refractivity contribution < 1.29 is 9.90 Å². The van der Waals surface area contributed by atoms with Crippen molar-refractivity contribution in [3.05, 3.63) is 82.2 Å². The van der Waals surface area contributed by atoms with Gasteiger partial charge in [-0.15, -0.1) is 11.8 Å². The predicted molar refractivity (Wildman–Crippen MR) is 132 cm³/mol. The van der Waals surface area contributed by atoms with Crippen molar-refractivity contribution in [2.24, 2.45) is 17.4 Å². The Balaban J connectivity index is 2.09. The van der Waals surface area contributed by atoms with E-state index in [2.05, 4.69) is 38.1 Å². The quantitative estimate of drug-likeness (QED) is 0.390. The largest absolute Gasteiger partial charge is 0.478 e. The lowest BCUT2D eigenvalue weighted by atomic mass is 9.90. The number of hydrogen-bond donors (Lipinski definition) is 3. The van der Waals surface area contributed by atoms with Crippen LogP contribution in [0.3, 0.4) is 0 Å². The lowest BCUT2D eigenvalue weighted by molar-refractivity contribution is 0.0696. The van der Waals surface area contributed by atoms with Crippen LogP contribution >= 0.6 is 11.8 Å². The highest BCUT2D eigenvalue weighted by Crippen LogP contribution is 2.36. The molecule has 3 aromatic rings. The summed E-state index contributed by atoms with van der Waals surface area (Å²) in [6, 6.07) is 15.4. The molecule has 1 aromatic heterocycles. The zero-order valence-corrected chi connectivity index (χ0v) is 19.7. The van der Waals surface area contributed by atoms with Gasteiger partial charge in [0.2, 0.25) is 0 Å². The summed E-state index contributed by atoms with van der Waals surface area (Å²) in [6.45, 7) is 7.33. The molecule has 0 amide bonds. The third-order valence-corrected chi connectivity index (χ3v) is 6.46. The number of carboxylic acids is 1. The second-order valence-corrected chi connectivity index (χ2v) is 9.35. The first kappa shape index (κ1) is 24.0. The van der Waals surface area contributed by atoms with Gasteiger partial charge < -0.3 is 16.6 Å². The molecule has 0 unspecified atom stereocenters. The van der Waals surface area contributed by atoms with Crippen LogP contribution in [-0.4, -0.2) is 16.1 Å². The van der Waals surface area contributed by atoms with Crippen molar-refractivity contribution in [3.63, 3.8) is 0 Å². The molecule has 1 heterocycles. The van der Waals surface area contributed by atoms with E-state index >= 15 is 0 Å². The number of aryl methyl sites for hydroxylation is 1. The molecule has 0 fully saturated rings. The maximum Gasteiger partial charge on any atom is 0.335 e. The maximum atomic E-state index is 11.3. The van der Waals surface area contributed by atoms with Gasteiger partial charge in [0.05, 0.1) is 5.56 Å². The lowest BCUT2D eigenvalue weighted by Gasteiger charge is -2.21. The summed E-state index contributed by atoms with van der Waals surface area (Å²) in [6.07, 6.45) is 0.870. The molecule has 0 atom stereocenters. The number of thioether (sulfide) groups is 1. The molecule has 5 N–H and O–H groups in total. The van der Waals surface area contributed by atoms with Crippen molar-refractivity contribution in [1.82, 2.24) is 4.98 Å². The molecule has 2 aromatic carbocycles. The van der Waals surface area contributed by atoms with E-state index in [0.717, 1.165) is 50.5 Å². The third-order valence-electron chi connectivity index (χ3n) is 5.44. The minimum absolute atomic E-state index is 0.289. The topological polar surface area (TPSA) is 102 Å². The van der Waals surface area contributed by atoms with Crippen molar-refractivity contribution in [3.8, 4) is 11.1 Å². The second kappa shape index (κ2) is 10.8. The van der Waals surface area contributed by atoms with Crippen LogP contribution in [0.4, 0.5) is 0 Å². The summed E-state index contributed by atoms with van der Waals surface area (Å²) in [7, 11) is 0. The van der Waals surface area contributed by atoms with Crippen molar-refractivity contribution in [2.45, 2.75) is 50.9 Å². The van der Waals surface area contributed by atoms with E-state index in [0.29, 0.717) is 24.8 Å². The van der Waals surface area contributed by atoms with Crippen LogP contribution in [0.15, 0.2) is 53.4 Å². The molecule has 5 nitrogen and oxygen atoms in total. The molecule has 0 bridgehead atoms. The van der Waals surface area contributed by atoms with Crippen molar-refractivity contribution in [2.75, 3.05) is 0 Å². The highest BCUT2D eigenvalue weighted by molar-refractivity contribution is 7.98. The molecular formula is C26H31N3O2S. The standard InChI is InChI=1S/C26H31N3O2S/c1-16(2)11-24-22(14-28)25(19-9-7-18(13-27)8-10-19)23(17(3)29-24)15-32-21-6-4-5-20(12-21)26(30)31/h4-10,12,16H,11,13-15,27-28H2,1-3H3,(H,30,31). The van der Waals surface area contributed by atoms with Crippen LogP contribution in [0, 0.1) is 12.8 Å². The Hall–Kier alpha value is -2.67. The van der Waals surface area contributed by atoms with E-state index in [1.807, 2.05) is 13.0 Å². The average molecular weight is 450 g/mol. The van der Waals surface area contributed by atoms with Crippen LogP contribution in [0.25, 0.3) is 11.1 Å². The number of carboxylic acid groups (broad SMARTS) is 1. The number of nitrogens with two attached hydrogens (primary N) is 2. The number of benzene rings is 2. The normalized spacial score (nSPS) is 11.2. The Kier molecular flexibility index (Phi) is 8.07. The van der Waals surface area contributed by atoms with Gasteiger partial charge in [0.25, 0.3) is 0 Å². The molecular weight excluding hydrogens is 418 g/mol. The number of aromatic nitrogens is 1. The summed E-state index contributed by atoms with van der Waals surface area (Å²) in [5.74, 6) is 0.221. The van der Waals surface area contributed by atoms with Gasteiger partial charge in [0.1, 0.15) is 0 Å². The summed E-state index contributed by atoms with van der Waals surface area (Å²) < 4.78 is 0. The second-order valence-electron chi connectivity index (χ2n) is 8.30. The van der Waals surface area contributed by atoms with Crippen LogP contribution in [0.5, 0.6) is 0 Å². The van der Waals surface area contributed by atoms with Crippen molar-refractivity contribution >= 4 is 17.7 Å². The number of carbonyl (C=O) groups is 1. The summed E-state index contributed by atoms with van der Waals surface area (Å²) in [4.78, 5) is 17.2. The lowest BCUT2D eigenvalue weighted by Crippen LogP contribution is -2.13. The molecule has 32 heavy (non-hydrogen) atoms. The zero-order valence-electron chi connectivity index (χ0n) is 18.9. The molecule has 168 valence electrons. The van der Waals surface area contributed by atoms with Gasteiger partial charge in [-0.2, -0.15) is 0 Å². The minimum atomic E-state index is -0.922. The first-order chi connectivity index (χ1) is 15.3. The van der Waals surface area contributed by atoms with Crippen LogP contribution in [-0.2, 0) is 25.3 Å². The van der Waals surface area contributed by atoms with E-state index in [-0.39, 0.29) is 5.56 Å². The van der Waals surface area contributed by atoms with Crippen LogP contribution < -0.4 is 11.5 Å². The number of pyridine rings is 1. The van der Waals surface area contributed by atoms with E-state index in [4.69, 9.17) is 16.5 Å². The zero-order chi connectivity index (χ0) is 23.3. The molecule has 0 spiro atoms. The molecule has 6 heteroatoms. The fraction of sp³-hybridized carbons (Fsp3) is 0.308. The van der Waals surface area contributed by atoms with E-state index in [1.54, 1.807) is 30.0 Å². The van der Waals surface area contributed by atoms with Crippen LogP contribution in [0.2, 0.25) is 0 Å². The van der Waals surface area contributed by atoms with E-state index < -0.39 is 5.97 Å². The average Bonchev–Trinajstić information content (AvgIpc) is 2.78. The number of rotatable bonds is 9. The van der Waals surface area contributed by atoms with E-state index in [1.165, 1.54) is 0 Å². The van der Waals surface area contributed by atoms with Gasteiger partial charge in [-0.3, -0.25) is 4.98 Å². The third kappa shape index (κ3) is 5.57. The maximum absolute atomic E-state index is 11.3. The smallest absolute Gasteiger partial charge is 0.335 e. The summed E-state index contributed by atoms with van der Waals surface area (Å²) in [5, 5.41) is 9.30. The number of hydrogen-bond acceptors (Lipinski definition) is 5. The number of aromatic carboxylic acids is 1. The first-order valence-corrected chi connectivity index (χ1v) is 11.8. The fourth-order valence-electron chi connectivity index (χ4n) is 3.83. The molecule has 0 saturated carbocycles. The Morgan fingerprint density at radius 2 is 1.78 bits per heavy atom. The summed E-state index contributed by atoms with van der Waals surface area (Å²) >= 11 is 1.61. The molecule has 0 aliphatic rings. The number of nitrogens with zero attached hydrogens (tertiary/aromatic N) is 1. The van der Waals surface area contributed by atoms with Gasteiger partial charge in [0, 0.05) is 35.1 Å². The Labute approximate surface area is 194 Å².